The highest BCUT2D eigenvalue weighted by Crippen LogP contribution is 2.37. The molecule has 16 heavy (non-hydrogen) atoms. The number of anilines is 1. The van der Waals surface area contributed by atoms with Crippen molar-refractivity contribution in [3.8, 4) is 0 Å². The molecule has 84 valence electrons. The number of hydrogen-bond donors (Lipinski definition) is 3. The van der Waals surface area contributed by atoms with Gasteiger partial charge in [-0.15, -0.1) is 5.10 Å². The first kappa shape index (κ1) is 9.34. The van der Waals surface area contributed by atoms with Gasteiger partial charge in [-0.05, 0) is 25.0 Å². The van der Waals surface area contributed by atoms with Gasteiger partial charge in [0.05, 0.1) is 5.54 Å². The maximum atomic E-state index is 11.3. The van der Waals surface area contributed by atoms with E-state index in [1.807, 2.05) is 0 Å². The van der Waals surface area contributed by atoms with E-state index in [4.69, 9.17) is 5.73 Å². The fourth-order valence-electron chi connectivity index (χ4n) is 1.67. The monoisotopic (exact) mass is 220 g/mol. The maximum Gasteiger partial charge on any atom is 0.364 e. The van der Waals surface area contributed by atoms with Crippen molar-refractivity contribution in [1.29, 1.82) is 0 Å². The van der Waals surface area contributed by atoms with E-state index in [-0.39, 0.29) is 11.2 Å². The number of aromatic amines is 1. The molecule has 0 aliphatic heterocycles. The first-order chi connectivity index (χ1) is 7.72. The van der Waals surface area contributed by atoms with Crippen molar-refractivity contribution >= 4 is 11.5 Å². The zero-order valence-electron chi connectivity index (χ0n) is 8.60. The lowest BCUT2D eigenvalue weighted by Gasteiger charge is -2.14. The molecule has 3 rings (SSSR count). The van der Waals surface area contributed by atoms with Gasteiger partial charge in [0, 0.05) is 6.54 Å². The fourth-order valence-corrected chi connectivity index (χ4v) is 1.67. The predicted octanol–water partition coefficient (Wildman–Crippen LogP) is -0.679. The van der Waals surface area contributed by atoms with E-state index >= 15 is 0 Å². The quantitative estimate of drug-likeness (QED) is 0.636. The van der Waals surface area contributed by atoms with Gasteiger partial charge >= 0.3 is 5.69 Å². The lowest BCUT2D eigenvalue weighted by molar-refractivity contribution is 0.728. The molecule has 2 aromatic rings. The van der Waals surface area contributed by atoms with Crippen molar-refractivity contribution in [2.75, 3.05) is 11.9 Å². The molecule has 1 aliphatic rings. The van der Waals surface area contributed by atoms with E-state index in [0.29, 0.717) is 18.0 Å². The molecule has 0 unspecified atom stereocenters. The zero-order chi connectivity index (χ0) is 11.2. The van der Waals surface area contributed by atoms with Crippen LogP contribution in [-0.4, -0.2) is 31.9 Å². The lowest BCUT2D eigenvalue weighted by atomic mass is 10.3. The molecule has 7 nitrogen and oxygen atoms in total. The average molecular weight is 220 g/mol. The van der Waals surface area contributed by atoms with Crippen LogP contribution in [0.4, 0.5) is 5.82 Å². The van der Waals surface area contributed by atoms with Crippen molar-refractivity contribution < 1.29 is 0 Å². The van der Waals surface area contributed by atoms with Crippen LogP contribution in [0.25, 0.3) is 5.65 Å². The van der Waals surface area contributed by atoms with E-state index < -0.39 is 0 Å². The molecule has 1 saturated carbocycles. The summed E-state index contributed by atoms with van der Waals surface area (Å²) in [6.45, 7) is 0.576. The molecule has 1 fully saturated rings. The van der Waals surface area contributed by atoms with Crippen molar-refractivity contribution in [2.24, 2.45) is 5.73 Å². The van der Waals surface area contributed by atoms with Gasteiger partial charge in [0.25, 0.3) is 0 Å². The summed E-state index contributed by atoms with van der Waals surface area (Å²) < 4.78 is 1.23. The SMILES string of the molecule is NCC1(Nc2ccc3n[nH]c(=O)n3n2)CC1. The van der Waals surface area contributed by atoms with Crippen molar-refractivity contribution in [3.63, 3.8) is 0 Å². The minimum Gasteiger partial charge on any atom is -0.362 e. The van der Waals surface area contributed by atoms with Crippen molar-refractivity contribution in [3.05, 3.63) is 22.6 Å². The van der Waals surface area contributed by atoms with Crippen molar-refractivity contribution in [1.82, 2.24) is 19.8 Å². The molecule has 4 N–H and O–H groups in total. The molecule has 0 bridgehead atoms. The number of hydrogen-bond acceptors (Lipinski definition) is 5. The highest BCUT2D eigenvalue weighted by molar-refractivity contribution is 5.46. The molecule has 7 heteroatoms. The third kappa shape index (κ3) is 1.36. The Labute approximate surface area is 90.7 Å². The van der Waals surface area contributed by atoms with E-state index in [1.54, 1.807) is 12.1 Å². The van der Waals surface area contributed by atoms with Crippen LogP contribution in [0, 0.1) is 0 Å². The number of fused-ring (bicyclic) bond motifs is 1. The van der Waals surface area contributed by atoms with Gasteiger partial charge in [0.1, 0.15) is 5.82 Å². The summed E-state index contributed by atoms with van der Waals surface area (Å²) in [5.74, 6) is 0.652. The highest BCUT2D eigenvalue weighted by atomic mass is 16.2. The largest absolute Gasteiger partial charge is 0.364 e. The van der Waals surface area contributed by atoms with E-state index in [9.17, 15) is 4.79 Å². The number of nitrogens with one attached hydrogen (secondary N) is 2. The molecule has 2 heterocycles. The molecule has 0 amide bonds. The third-order valence-electron chi connectivity index (χ3n) is 2.91. The van der Waals surface area contributed by atoms with E-state index in [1.165, 1.54) is 4.52 Å². The predicted molar refractivity (Wildman–Crippen MR) is 58.2 cm³/mol. The van der Waals surface area contributed by atoms with Gasteiger partial charge in [-0.25, -0.2) is 9.89 Å². The topological polar surface area (TPSA) is 101 Å². The van der Waals surface area contributed by atoms with E-state index in [0.717, 1.165) is 12.8 Å². The minimum atomic E-state index is -0.337. The third-order valence-corrected chi connectivity index (χ3v) is 2.91. The van der Waals surface area contributed by atoms with Crippen LogP contribution in [0.5, 0.6) is 0 Å². The van der Waals surface area contributed by atoms with Crippen LogP contribution in [0.3, 0.4) is 0 Å². The first-order valence-corrected chi connectivity index (χ1v) is 5.15. The van der Waals surface area contributed by atoms with Crippen LogP contribution >= 0.6 is 0 Å². The number of H-pyrrole nitrogens is 1. The summed E-state index contributed by atoms with van der Waals surface area (Å²) in [6.07, 6.45) is 2.09. The Morgan fingerprint density at radius 2 is 2.38 bits per heavy atom. The fraction of sp³-hybridized carbons (Fsp3) is 0.444. The van der Waals surface area contributed by atoms with Gasteiger partial charge < -0.3 is 11.1 Å². The second-order valence-corrected chi connectivity index (χ2v) is 4.13. The molecule has 0 atom stereocenters. The highest BCUT2D eigenvalue weighted by Gasteiger charge is 2.41. The normalized spacial score (nSPS) is 17.6. The smallest absolute Gasteiger partial charge is 0.362 e. The summed E-state index contributed by atoms with van der Waals surface area (Å²) in [5, 5.41) is 13.5. The molecule has 0 saturated heterocycles. The molecule has 0 spiro atoms. The standard InChI is InChI=1S/C9H12N6O/c10-5-9(3-4-9)11-6-1-2-7-12-13-8(16)15(7)14-6/h1-2H,3-5,10H2,(H,11,14)(H,13,16). The van der Waals surface area contributed by atoms with Crippen molar-refractivity contribution in [2.45, 2.75) is 18.4 Å². The second kappa shape index (κ2) is 3.05. The molecule has 0 aromatic carbocycles. The van der Waals surface area contributed by atoms with Crippen LogP contribution < -0.4 is 16.7 Å². The summed E-state index contributed by atoms with van der Waals surface area (Å²) in [7, 11) is 0. The molecular weight excluding hydrogens is 208 g/mol. The molecule has 1 aliphatic carbocycles. The van der Waals surface area contributed by atoms with Gasteiger partial charge in [0.15, 0.2) is 5.65 Å². The van der Waals surface area contributed by atoms with Gasteiger partial charge in [0.2, 0.25) is 0 Å². The Morgan fingerprint density at radius 3 is 3.06 bits per heavy atom. The summed E-state index contributed by atoms with van der Waals surface area (Å²) >= 11 is 0. The van der Waals surface area contributed by atoms with E-state index in [2.05, 4.69) is 20.6 Å². The molecule has 0 radical (unpaired) electrons. The number of aromatic nitrogens is 4. The molecule has 2 aromatic heterocycles. The molecular formula is C9H12N6O. The Hall–Kier alpha value is -1.89. The van der Waals surface area contributed by atoms with Crippen LogP contribution in [0.15, 0.2) is 16.9 Å². The minimum absolute atomic E-state index is 0.0198. The summed E-state index contributed by atoms with van der Waals surface area (Å²) in [6, 6.07) is 3.53. The number of nitrogens with two attached hydrogens (primary N) is 1. The zero-order valence-corrected chi connectivity index (χ0v) is 8.60. The summed E-state index contributed by atoms with van der Waals surface area (Å²) in [5.41, 5.74) is 5.81. The van der Waals surface area contributed by atoms with Crippen LogP contribution in [0.1, 0.15) is 12.8 Å². The Balaban J connectivity index is 1.98. The second-order valence-electron chi connectivity index (χ2n) is 4.13. The Bertz CT molecular complexity index is 581. The van der Waals surface area contributed by atoms with Crippen LogP contribution in [0.2, 0.25) is 0 Å². The maximum absolute atomic E-state index is 11.3. The van der Waals surface area contributed by atoms with Gasteiger partial charge in [-0.3, -0.25) is 0 Å². The lowest BCUT2D eigenvalue weighted by Crippen LogP contribution is -2.31. The number of rotatable bonds is 3. The Kier molecular flexibility index (Phi) is 1.78. The van der Waals surface area contributed by atoms with Crippen LogP contribution in [-0.2, 0) is 0 Å². The average Bonchev–Trinajstić information content (AvgIpc) is 2.98. The number of nitrogens with zero attached hydrogens (tertiary/aromatic N) is 3. The summed E-state index contributed by atoms with van der Waals surface area (Å²) in [4.78, 5) is 11.3. The first-order valence-electron chi connectivity index (χ1n) is 5.15. The Morgan fingerprint density at radius 1 is 1.56 bits per heavy atom. The van der Waals surface area contributed by atoms with Gasteiger partial charge in [-0.1, -0.05) is 0 Å². The van der Waals surface area contributed by atoms with Gasteiger partial charge in [-0.2, -0.15) is 9.61 Å².